The lowest BCUT2D eigenvalue weighted by molar-refractivity contribution is -0.766. The number of halogens is 1. The topological polar surface area (TPSA) is 8.81 Å². The van der Waals surface area contributed by atoms with Crippen molar-refractivity contribution in [3.63, 3.8) is 0 Å². The van der Waals surface area contributed by atoms with Crippen molar-refractivity contribution < 1.29 is 8.96 Å². The lowest BCUT2D eigenvalue weighted by Gasteiger charge is -2.46. The molecular formula is C38H38FN2+. The Hall–Kier alpha value is -4.16. The number of benzene rings is 4. The summed E-state index contributed by atoms with van der Waals surface area (Å²) >= 11 is 0. The highest BCUT2D eigenvalue weighted by Gasteiger charge is 2.56. The van der Waals surface area contributed by atoms with Crippen LogP contribution in [0.15, 0.2) is 91.0 Å². The van der Waals surface area contributed by atoms with Crippen molar-refractivity contribution in [2.45, 2.75) is 71.3 Å². The van der Waals surface area contributed by atoms with Gasteiger partial charge in [-0.3, -0.25) is 0 Å². The zero-order chi connectivity index (χ0) is 28.9. The van der Waals surface area contributed by atoms with Crippen LogP contribution in [0.25, 0.3) is 39.3 Å². The van der Waals surface area contributed by atoms with Gasteiger partial charge in [0.2, 0.25) is 0 Å². The van der Waals surface area contributed by atoms with E-state index in [1.54, 1.807) is 12.1 Å². The molecule has 4 aromatic carbocycles. The molecule has 41 heavy (non-hydrogen) atoms. The molecule has 0 radical (unpaired) electrons. The maximum absolute atomic E-state index is 14.9. The summed E-state index contributed by atoms with van der Waals surface area (Å²) in [6.07, 6.45) is 8.90. The van der Waals surface area contributed by atoms with Crippen molar-refractivity contribution in [2.24, 2.45) is 0 Å². The van der Waals surface area contributed by atoms with Crippen molar-refractivity contribution in [1.29, 1.82) is 0 Å². The van der Waals surface area contributed by atoms with E-state index >= 15 is 0 Å². The minimum Gasteiger partial charge on any atom is -0.207 e. The summed E-state index contributed by atoms with van der Waals surface area (Å²) < 4.78 is 19.4. The van der Waals surface area contributed by atoms with E-state index in [1.807, 2.05) is 6.07 Å². The van der Waals surface area contributed by atoms with Crippen LogP contribution in [-0.2, 0) is 11.0 Å². The molecule has 5 aromatic rings. The number of hydrogen-bond acceptors (Lipinski definition) is 0. The Kier molecular flexibility index (Phi) is 6.62. The summed E-state index contributed by atoms with van der Waals surface area (Å²) in [5.74, 6) is 1.15. The summed E-state index contributed by atoms with van der Waals surface area (Å²) in [6.45, 7) is 13.5. The van der Waals surface area contributed by atoms with E-state index in [9.17, 15) is 4.39 Å². The smallest absolute Gasteiger partial charge is 0.207 e. The molecule has 0 spiro atoms. The Morgan fingerprint density at radius 2 is 1.37 bits per heavy atom. The van der Waals surface area contributed by atoms with Crippen molar-refractivity contribution >= 4 is 0 Å². The molecule has 3 heteroatoms. The molecule has 2 nitrogen and oxygen atoms in total. The predicted octanol–water partition coefficient (Wildman–Crippen LogP) is 9.44. The van der Waals surface area contributed by atoms with Crippen LogP contribution in [0.1, 0.15) is 71.4 Å². The van der Waals surface area contributed by atoms with E-state index in [0.29, 0.717) is 5.92 Å². The highest BCUT2D eigenvalue weighted by Crippen LogP contribution is 2.50. The van der Waals surface area contributed by atoms with E-state index in [-0.39, 0.29) is 16.8 Å². The second-order valence-corrected chi connectivity index (χ2v) is 12.1. The molecule has 2 unspecified atom stereocenters. The molecule has 0 fully saturated rings. The minimum absolute atomic E-state index is 0.197. The number of hydrogen-bond donors (Lipinski definition) is 0. The first-order valence-electron chi connectivity index (χ1n) is 14.8. The SMILES string of the molecule is CCC1(C)c2cc(F)ccc2-c2n(-c3c(-c4ccccc4)cc(C(C)C)cc3-c3ccccc3)c#c[n+]2C1(C)CC. The van der Waals surface area contributed by atoms with Gasteiger partial charge in [0.25, 0.3) is 0 Å². The summed E-state index contributed by atoms with van der Waals surface area (Å²) in [5.41, 5.74) is 8.41. The van der Waals surface area contributed by atoms with Gasteiger partial charge in [0, 0.05) is 16.5 Å². The van der Waals surface area contributed by atoms with Gasteiger partial charge in [-0.1, -0.05) is 95.3 Å². The van der Waals surface area contributed by atoms with Crippen LogP contribution >= 0.6 is 0 Å². The molecule has 1 aliphatic heterocycles. The van der Waals surface area contributed by atoms with Gasteiger partial charge in [0.15, 0.2) is 18.1 Å². The Labute approximate surface area is 244 Å². The number of rotatable bonds is 6. The van der Waals surface area contributed by atoms with E-state index in [0.717, 1.165) is 57.7 Å². The van der Waals surface area contributed by atoms with Gasteiger partial charge >= 0.3 is 5.82 Å². The van der Waals surface area contributed by atoms with Gasteiger partial charge in [0.1, 0.15) is 11.4 Å². The van der Waals surface area contributed by atoms with Gasteiger partial charge in [-0.2, -0.15) is 4.57 Å². The molecule has 206 valence electrons. The first kappa shape index (κ1) is 27.0. The maximum atomic E-state index is 14.9. The zero-order valence-corrected chi connectivity index (χ0v) is 24.9. The Bertz CT molecular complexity index is 1660. The fraction of sp³-hybridized carbons (Fsp3) is 0.289. The van der Waals surface area contributed by atoms with Gasteiger partial charge in [-0.05, 0) is 78.3 Å². The largest absolute Gasteiger partial charge is 0.312 e. The number of nitrogens with zero attached hydrogens (tertiary/aromatic N) is 2. The predicted molar refractivity (Wildman–Crippen MR) is 166 cm³/mol. The maximum Gasteiger partial charge on any atom is 0.312 e. The molecule has 0 amide bonds. The molecule has 0 saturated carbocycles. The molecule has 0 aliphatic carbocycles. The molecule has 2 heterocycles. The average Bonchev–Trinajstić information content (AvgIpc) is 3.45. The zero-order valence-electron chi connectivity index (χ0n) is 24.9. The van der Waals surface area contributed by atoms with Gasteiger partial charge in [-0.25, -0.2) is 4.39 Å². The lowest BCUT2D eigenvalue weighted by Crippen LogP contribution is -2.67. The second-order valence-electron chi connectivity index (χ2n) is 12.1. The number of fused-ring (bicyclic) bond motifs is 3. The minimum atomic E-state index is -0.322. The average molecular weight is 542 g/mol. The molecule has 1 aliphatic rings. The van der Waals surface area contributed by atoms with Crippen molar-refractivity contribution in [3.8, 4) is 39.3 Å². The molecule has 1 aromatic heterocycles. The monoisotopic (exact) mass is 541 g/mol. The first-order chi connectivity index (χ1) is 19.7. The van der Waals surface area contributed by atoms with Crippen molar-refractivity contribution in [2.75, 3.05) is 0 Å². The molecule has 0 bridgehead atoms. The third-order valence-corrected chi connectivity index (χ3v) is 9.78. The van der Waals surface area contributed by atoms with Crippen LogP contribution in [0, 0.1) is 18.2 Å². The molecule has 2 atom stereocenters. The molecule has 0 saturated heterocycles. The molecular weight excluding hydrogens is 503 g/mol. The van der Waals surface area contributed by atoms with Crippen LogP contribution in [-0.4, -0.2) is 4.57 Å². The van der Waals surface area contributed by atoms with Crippen LogP contribution in [0.5, 0.6) is 0 Å². The van der Waals surface area contributed by atoms with E-state index < -0.39 is 0 Å². The fourth-order valence-corrected chi connectivity index (χ4v) is 6.80. The van der Waals surface area contributed by atoms with Gasteiger partial charge < -0.3 is 0 Å². The third-order valence-electron chi connectivity index (χ3n) is 9.78. The van der Waals surface area contributed by atoms with Crippen molar-refractivity contribution in [3.05, 3.63) is 120 Å². The highest BCUT2D eigenvalue weighted by atomic mass is 19.1. The van der Waals surface area contributed by atoms with E-state index in [1.165, 1.54) is 5.56 Å². The Balaban J connectivity index is 1.77. The molecule has 0 N–H and O–H groups in total. The summed E-state index contributed by atoms with van der Waals surface area (Å²) in [6, 6.07) is 31.2. The molecule has 6 rings (SSSR count). The Morgan fingerprint density at radius 3 is 1.88 bits per heavy atom. The summed E-state index contributed by atoms with van der Waals surface area (Å²) in [4.78, 5) is 0. The third kappa shape index (κ3) is 4.04. The highest BCUT2D eigenvalue weighted by molar-refractivity contribution is 5.87. The van der Waals surface area contributed by atoms with Crippen molar-refractivity contribution in [1.82, 2.24) is 4.57 Å². The first-order valence-corrected chi connectivity index (χ1v) is 14.8. The second kappa shape index (κ2) is 10.0. The lowest BCUT2D eigenvalue weighted by atomic mass is 9.61. The number of aromatic nitrogens is 2. The van der Waals surface area contributed by atoms with Gasteiger partial charge in [0.05, 0.1) is 5.56 Å². The summed E-state index contributed by atoms with van der Waals surface area (Å²) in [7, 11) is 0. The van der Waals surface area contributed by atoms with Crippen LogP contribution in [0.3, 0.4) is 0 Å². The fourth-order valence-electron chi connectivity index (χ4n) is 6.80. The Morgan fingerprint density at radius 1 is 0.780 bits per heavy atom. The summed E-state index contributed by atoms with van der Waals surface area (Å²) in [5, 5.41) is 0. The van der Waals surface area contributed by atoms with Crippen LogP contribution < -0.4 is 4.57 Å². The van der Waals surface area contributed by atoms with E-state index in [2.05, 4.69) is 136 Å². The van der Waals surface area contributed by atoms with Gasteiger partial charge in [-0.15, -0.1) is 4.57 Å². The standard InChI is InChI=1S/C38H38FN2/c1-7-37(5)34-25-30(39)19-20-31(34)36-40(21-22-41(36)38(37,6)8-2)35-32(27-15-11-9-12-16-27)23-29(26(3)4)24-33(35)28-17-13-10-14-18-28/h9-20,23-26H,7-8H2,1-6H3/q+1. The quantitative estimate of drug-likeness (QED) is 0.189. The van der Waals surface area contributed by atoms with Crippen LogP contribution in [0.4, 0.5) is 4.39 Å². The normalized spacial score (nSPS) is 19.5. The van der Waals surface area contributed by atoms with E-state index in [4.69, 9.17) is 0 Å². The van der Waals surface area contributed by atoms with Crippen LogP contribution in [0.2, 0.25) is 0 Å².